The number of aromatic nitrogens is 3. The lowest BCUT2D eigenvalue weighted by Crippen LogP contribution is -2.23. The average molecular weight is 284 g/mol. The molecule has 2 aromatic rings. The topological polar surface area (TPSA) is 34.0 Å². The van der Waals surface area contributed by atoms with Crippen molar-refractivity contribution >= 4 is 0 Å². The summed E-state index contributed by atoms with van der Waals surface area (Å²) in [6.07, 6.45) is 3.53. The summed E-state index contributed by atoms with van der Waals surface area (Å²) in [5, 5.41) is 4.45. The maximum absolute atomic E-state index is 4.63. The van der Waals surface area contributed by atoms with E-state index in [9.17, 15) is 0 Å². The number of aryl methyl sites for hydroxylation is 2. The highest BCUT2D eigenvalue weighted by Crippen LogP contribution is 2.27. The number of hydrogen-bond donors (Lipinski definition) is 0. The van der Waals surface area contributed by atoms with E-state index in [0.29, 0.717) is 6.04 Å². The second-order valence-corrected chi connectivity index (χ2v) is 5.87. The van der Waals surface area contributed by atoms with Crippen LogP contribution in [-0.4, -0.2) is 32.8 Å². The van der Waals surface area contributed by atoms with Crippen LogP contribution >= 0.6 is 0 Å². The maximum atomic E-state index is 4.63. The minimum Gasteiger partial charge on any atom is -0.297 e. The SMILES string of the molecule is CCc1nc(-c2cccc(C(C)N3CCCC3)c2)n(C)n1. The van der Waals surface area contributed by atoms with E-state index in [4.69, 9.17) is 0 Å². The number of rotatable bonds is 4. The molecule has 0 aliphatic carbocycles. The Bertz CT molecular complexity index is 611. The molecule has 112 valence electrons. The number of nitrogens with zero attached hydrogens (tertiary/aromatic N) is 4. The summed E-state index contributed by atoms with van der Waals surface area (Å²) in [7, 11) is 1.97. The van der Waals surface area contributed by atoms with Crippen molar-refractivity contribution in [2.45, 2.75) is 39.2 Å². The van der Waals surface area contributed by atoms with Gasteiger partial charge in [-0.1, -0.05) is 25.1 Å². The molecule has 2 heterocycles. The lowest BCUT2D eigenvalue weighted by atomic mass is 10.0. The Kier molecular flexibility index (Phi) is 4.06. The van der Waals surface area contributed by atoms with Crippen molar-refractivity contribution in [3.8, 4) is 11.4 Å². The Morgan fingerprint density at radius 1 is 1.24 bits per heavy atom. The fourth-order valence-electron chi connectivity index (χ4n) is 3.12. The first-order valence-electron chi connectivity index (χ1n) is 7.93. The summed E-state index contributed by atoms with van der Waals surface area (Å²) in [6, 6.07) is 9.24. The van der Waals surface area contributed by atoms with Crippen molar-refractivity contribution in [1.29, 1.82) is 0 Å². The summed E-state index contributed by atoms with van der Waals surface area (Å²) >= 11 is 0. The van der Waals surface area contributed by atoms with Crippen LogP contribution in [0.4, 0.5) is 0 Å². The van der Waals surface area contributed by atoms with Crippen LogP contribution in [0, 0.1) is 0 Å². The lowest BCUT2D eigenvalue weighted by Gasteiger charge is -2.24. The second-order valence-electron chi connectivity index (χ2n) is 5.87. The highest BCUT2D eigenvalue weighted by molar-refractivity contribution is 5.56. The molecular weight excluding hydrogens is 260 g/mol. The zero-order chi connectivity index (χ0) is 14.8. The van der Waals surface area contributed by atoms with Crippen LogP contribution in [0.1, 0.15) is 44.1 Å². The van der Waals surface area contributed by atoms with E-state index in [1.165, 1.54) is 31.5 Å². The Morgan fingerprint density at radius 3 is 2.67 bits per heavy atom. The molecule has 1 aromatic carbocycles. The lowest BCUT2D eigenvalue weighted by molar-refractivity contribution is 0.263. The molecule has 1 saturated heterocycles. The predicted molar refractivity (Wildman–Crippen MR) is 85.0 cm³/mol. The Morgan fingerprint density at radius 2 is 2.00 bits per heavy atom. The van der Waals surface area contributed by atoms with Gasteiger partial charge >= 0.3 is 0 Å². The Balaban J connectivity index is 1.90. The van der Waals surface area contributed by atoms with Crippen LogP contribution < -0.4 is 0 Å². The normalized spacial score (nSPS) is 17.3. The molecule has 4 heteroatoms. The van der Waals surface area contributed by atoms with Crippen LogP contribution in [0.15, 0.2) is 24.3 Å². The largest absolute Gasteiger partial charge is 0.297 e. The van der Waals surface area contributed by atoms with Gasteiger partial charge in [-0.25, -0.2) is 9.67 Å². The van der Waals surface area contributed by atoms with Gasteiger partial charge in [0.2, 0.25) is 0 Å². The molecule has 0 saturated carbocycles. The highest BCUT2D eigenvalue weighted by Gasteiger charge is 2.20. The standard InChI is InChI=1S/C17H24N4/c1-4-16-18-17(20(3)19-16)15-9-7-8-14(12-15)13(2)21-10-5-6-11-21/h7-9,12-13H,4-6,10-11H2,1-3H3. The molecule has 3 rings (SSSR count). The quantitative estimate of drug-likeness (QED) is 0.864. The summed E-state index contributed by atoms with van der Waals surface area (Å²) < 4.78 is 1.89. The molecule has 0 bridgehead atoms. The fraction of sp³-hybridized carbons (Fsp3) is 0.529. The first-order valence-corrected chi connectivity index (χ1v) is 7.93. The summed E-state index contributed by atoms with van der Waals surface area (Å²) in [5.74, 6) is 1.87. The van der Waals surface area contributed by atoms with Crippen molar-refractivity contribution in [1.82, 2.24) is 19.7 Å². The molecule has 0 spiro atoms. The van der Waals surface area contributed by atoms with Gasteiger partial charge in [0.25, 0.3) is 0 Å². The molecule has 0 N–H and O–H groups in total. The van der Waals surface area contributed by atoms with Gasteiger partial charge in [-0.05, 0) is 44.5 Å². The van der Waals surface area contributed by atoms with E-state index in [0.717, 1.165) is 23.6 Å². The van der Waals surface area contributed by atoms with Crippen molar-refractivity contribution < 1.29 is 0 Å². The predicted octanol–water partition coefficient (Wildman–Crippen LogP) is 3.20. The molecule has 4 nitrogen and oxygen atoms in total. The van der Waals surface area contributed by atoms with Gasteiger partial charge in [-0.15, -0.1) is 0 Å². The third kappa shape index (κ3) is 2.86. The molecular formula is C17H24N4. The van der Waals surface area contributed by atoms with Crippen LogP contribution in [0.5, 0.6) is 0 Å². The van der Waals surface area contributed by atoms with Crippen LogP contribution in [0.2, 0.25) is 0 Å². The molecule has 1 atom stereocenters. The van der Waals surface area contributed by atoms with Gasteiger partial charge in [0.1, 0.15) is 0 Å². The maximum Gasteiger partial charge on any atom is 0.158 e. The van der Waals surface area contributed by atoms with E-state index in [2.05, 4.69) is 53.1 Å². The summed E-state index contributed by atoms with van der Waals surface area (Å²) in [4.78, 5) is 7.20. The number of benzene rings is 1. The third-order valence-corrected chi connectivity index (χ3v) is 4.44. The molecule has 1 aliphatic heterocycles. The summed E-state index contributed by atoms with van der Waals surface area (Å²) in [6.45, 7) is 6.83. The zero-order valence-electron chi connectivity index (χ0n) is 13.2. The van der Waals surface area contributed by atoms with Gasteiger partial charge < -0.3 is 0 Å². The second kappa shape index (κ2) is 5.98. The molecule has 0 radical (unpaired) electrons. The van der Waals surface area contributed by atoms with Gasteiger partial charge in [0.15, 0.2) is 11.6 Å². The first kappa shape index (κ1) is 14.3. The van der Waals surface area contributed by atoms with Crippen molar-refractivity contribution in [3.63, 3.8) is 0 Å². The van der Waals surface area contributed by atoms with E-state index in [1.54, 1.807) is 0 Å². The molecule has 1 aliphatic rings. The van der Waals surface area contributed by atoms with Crippen molar-refractivity contribution in [2.75, 3.05) is 13.1 Å². The first-order chi connectivity index (χ1) is 10.2. The Labute approximate surface area is 126 Å². The number of likely N-dealkylation sites (tertiary alicyclic amines) is 1. The Hall–Kier alpha value is -1.68. The van der Waals surface area contributed by atoms with E-state index >= 15 is 0 Å². The summed E-state index contributed by atoms with van der Waals surface area (Å²) in [5.41, 5.74) is 2.53. The molecule has 21 heavy (non-hydrogen) atoms. The molecule has 1 unspecified atom stereocenters. The molecule has 0 amide bonds. The van der Waals surface area contributed by atoms with Gasteiger partial charge in [-0.2, -0.15) is 5.10 Å². The van der Waals surface area contributed by atoms with Crippen molar-refractivity contribution in [3.05, 3.63) is 35.7 Å². The van der Waals surface area contributed by atoms with Crippen LogP contribution in [0.25, 0.3) is 11.4 Å². The molecule has 1 aromatic heterocycles. The smallest absolute Gasteiger partial charge is 0.158 e. The van der Waals surface area contributed by atoms with Crippen LogP contribution in [0.3, 0.4) is 0 Å². The fourth-order valence-corrected chi connectivity index (χ4v) is 3.12. The zero-order valence-corrected chi connectivity index (χ0v) is 13.2. The third-order valence-electron chi connectivity index (χ3n) is 4.44. The minimum absolute atomic E-state index is 0.478. The van der Waals surface area contributed by atoms with E-state index in [1.807, 2.05) is 11.7 Å². The number of hydrogen-bond acceptors (Lipinski definition) is 3. The van der Waals surface area contributed by atoms with Gasteiger partial charge in [0, 0.05) is 25.1 Å². The van der Waals surface area contributed by atoms with E-state index < -0.39 is 0 Å². The molecule has 1 fully saturated rings. The monoisotopic (exact) mass is 284 g/mol. The van der Waals surface area contributed by atoms with Gasteiger partial charge in [-0.3, -0.25) is 4.90 Å². The van der Waals surface area contributed by atoms with E-state index in [-0.39, 0.29) is 0 Å². The van der Waals surface area contributed by atoms with Crippen molar-refractivity contribution in [2.24, 2.45) is 7.05 Å². The minimum atomic E-state index is 0.478. The van der Waals surface area contributed by atoms with Gasteiger partial charge in [0.05, 0.1) is 0 Å². The highest BCUT2D eigenvalue weighted by atomic mass is 15.3. The van der Waals surface area contributed by atoms with Crippen LogP contribution in [-0.2, 0) is 13.5 Å². The average Bonchev–Trinajstić information content (AvgIpc) is 3.16.